The van der Waals surface area contributed by atoms with E-state index in [2.05, 4.69) is 33.8 Å². The maximum absolute atomic E-state index is 12.4. The Kier molecular flexibility index (Phi) is 16.2. The van der Waals surface area contributed by atoms with Crippen molar-refractivity contribution in [3.05, 3.63) is 11.6 Å². The molecule has 32 atom stereocenters. The predicted molar refractivity (Wildman–Crippen MR) is 245 cm³/mol. The molecule has 0 amide bonds. The van der Waals surface area contributed by atoms with Gasteiger partial charge in [-0.1, -0.05) is 39.3 Å². The molecule has 0 bridgehead atoms. The number of allylic oxidation sites excluding steroid dienone is 1. The Hall–Kier alpha value is -1.22. The number of ether oxygens (including phenoxy) is 10. The topological polar surface area (TPSA) is 376 Å². The van der Waals surface area contributed by atoms with E-state index < -0.39 is 178 Å². The molecule has 3 saturated carbocycles. The second kappa shape index (κ2) is 21.4. The number of fused-ring (bicyclic) bond motifs is 7. The Balaban J connectivity index is 0.883. The Morgan fingerprint density at radius 2 is 1.24 bits per heavy atom. The molecule has 10 rings (SSSR count). The van der Waals surface area contributed by atoms with Gasteiger partial charge in [0, 0.05) is 23.7 Å². The molecule has 6 heterocycles. The first-order valence-corrected chi connectivity index (χ1v) is 26.6. The predicted octanol–water partition coefficient (Wildman–Crippen LogP) is -4.41. The molecule has 0 radical (unpaired) electrons. The van der Waals surface area contributed by atoms with E-state index in [0.717, 1.165) is 31.3 Å². The molecule has 0 unspecified atom stereocenters. The van der Waals surface area contributed by atoms with Crippen LogP contribution in [0.2, 0.25) is 0 Å². The van der Waals surface area contributed by atoms with E-state index in [1.807, 2.05) is 0 Å². The Morgan fingerprint density at radius 3 is 1.92 bits per heavy atom. The fourth-order valence-electron chi connectivity index (χ4n) is 15.3. The van der Waals surface area contributed by atoms with Gasteiger partial charge < -0.3 is 119 Å². The Morgan fingerprint density at radius 1 is 0.608 bits per heavy atom. The van der Waals surface area contributed by atoms with Crippen LogP contribution in [-0.2, 0) is 47.4 Å². The number of aliphatic hydroxyl groups is 14. The van der Waals surface area contributed by atoms with Gasteiger partial charge in [0.05, 0.1) is 57.5 Å². The highest BCUT2D eigenvalue weighted by Crippen LogP contribution is 2.71. The first kappa shape index (κ1) is 56.1. The molecule has 9 fully saturated rings. The lowest BCUT2D eigenvalue weighted by atomic mass is 9.46. The van der Waals surface area contributed by atoms with Crippen LogP contribution >= 0.6 is 0 Å². The van der Waals surface area contributed by atoms with E-state index in [4.69, 9.17) is 47.4 Å². The minimum atomic E-state index is -2.01. The summed E-state index contributed by atoms with van der Waals surface area (Å²) in [7, 11) is 0. The van der Waals surface area contributed by atoms with E-state index in [9.17, 15) is 71.5 Å². The molecule has 6 aliphatic heterocycles. The summed E-state index contributed by atoms with van der Waals surface area (Å²) in [5.41, 5.74) is 0.0231. The minimum Gasteiger partial charge on any atom is -0.394 e. The van der Waals surface area contributed by atoms with E-state index >= 15 is 0 Å². The third-order valence-corrected chi connectivity index (χ3v) is 19.6. The van der Waals surface area contributed by atoms with Gasteiger partial charge in [-0.2, -0.15) is 0 Å². The van der Waals surface area contributed by atoms with Gasteiger partial charge in [-0.25, -0.2) is 0 Å². The highest BCUT2D eigenvalue weighted by Gasteiger charge is 2.71. The van der Waals surface area contributed by atoms with Gasteiger partial charge in [0.1, 0.15) is 91.6 Å². The van der Waals surface area contributed by atoms with Gasteiger partial charge in [-0.15, -0.1) is 0 Å². The number of hydrogen-bond donors (Lipinski definition) is 14. The average molecular weight is 1070 g/mol. The summed E-state index contributed by atoms with van der Waals surface area (Å²) in [4.78, 5) is 0. The lowest BCUT2D eigenvalue weighted by molar-refractivity contribution is -0.397. The van der Waals surface area contributed by atoms with Crippen LogP contribution in [0.5, 0.6) is 0 Å². The van der Waals surface area contributed by atoms with Crippen molar-refractivity contribution in [1.82, 2.24) is 0 Å². The highest BCUT2D eigenvalue weighted by molar-refractivity contribution is 5.28. The zero-order chi connectivity index (χ0) is 53.1. The second-order valence-electron chi connectivity index (χ2n) is 23.7. The normalized spacial score (nSPS) is 57.5. The Labute approximate surface area is 428 Å². The molecule has 24 heteroatoms. The smallest absolute Gasteiger partial charge is 0.187 e. The molecular formula is C50H80O24. The molecule has 74 heavy (non-hydrogen) atoms. The lowest BCUT2D eigenvalue weighted by Crippen LogP contribution is -2.68. The van der Waals surface area contributed by atoms with Crippen molar-refractivity contribution in [2.45, 2.75) is 220 Å². The molecule has 4 aliphatic carbocycles. The van der Waals surface area contributed by atoms with Crippen molar-refractivity contribution in [2.24, 2.45) is 46.3 Å². The van der Waals surface area contributed by atoms with Gasteiger partial charge in [0.15, 0.2) is 30.9 Å². The molecule has 14 N–H and O–H groups in total. The third-order valence-electron chi connectivity index (χ3n) is 19.6. The van der Waals surface area contributed by atoms with E-state index in [-0.39, 0.29) is 48.5 Å². The van der Waals surface area contributed by atoms with Gasteiger partial charge in [0.2, 0.25) is 0 Å². The van der Waals surface area contributed by atoms with Gasteiger partial charge in [-0.3, -0.25) is 0 Å². The van der Waals surface area contributed by atoms with Crippen molar-refractivity contribution in [2.75, 3.05) is 33.0 Å². The van der Waals surface area contributed by atoms with Crippen LogP contribution in [0.15, 0.2) is 11.6 Å². The van der Waals surface area contributed by atoms with Crippen molar-refractivity contribution in [3.8, 4) is 0 Å². The summed E-state index contributed by atoms with van der Waals surface area (Å²) < 4.78 is 60.8. The van der Waals surface area contributed by atoms with Gasteiger partial charge in [0.25, 0.3) is 0 Å². The number of aliphatic hydroxyl groups excluding tert-OH is 14. The number of rotatable bonds is 11. The fraction of sp³-hybridized carbons (Fsp3) is 0.960. The maximum atomic E-state index is 12.4. The van der Waals surface area contributed by atoms with Crippen molar-refractivity contribution >= 4 is 0 Å². The second-order valence-corrected chi connectivity index (χ2v) is 23.7. The minimum absolute atomic E-state index is 0.00129. The van der Waals surface area contributed by atoms with Crippen molar-refractivity contribution in [1.29, 1.82) is 0 Å². The molecule has 0 aromatic rings. The molecule has 0 aromatic heterocycles. The molecule has 10 aliphatic rings. The summed E-state index contributed by atoms with van der Waals surface area (Å²) >= 11 is 0. The van der Waals surface area contributed by atoms with E-state index in [0.29, 0.717) is 18.9 Å². The first-order chi connectivity index (χ1) is 35.1. The fourth-order valence-corrected chi connectivity index (χ4v) is 15.3. The summed E-state index contributed by atoms with van der Waals surface area (Å²) in [5, 5.41) is 154. The Bertz CT molecular complexity index is 1960. The van der Waals surface area contributed by atoms with Crippen LogP contribution < -0.4 is 0 Å². The van der Waals surface area contributed by atoms with Gasteiger partial charge >= 0.3 is 0 Å². The average Bonchev–Trinajstić information content (AvgIpc) is 3.87. The SMILES string of the molecule is C[C@@H]1CC[C@@]2(OC1)O[C@H]1C[C@H]3[C@@H]4CC=C5C[C@@H](O[C@@H]6O[C@H](CO)[C@H](O[C@@H]7O[C@H](CO)[C@@H](O)[C@H](O[C@@H]8OC[C@@H](O)[C@H](O)[C@H]8O)[C@H]7O)[C@H](O)[C@H]6O[C@@H]6O[C@H](CO)[C@@H](O)[C@H](O)[C@H]6O)[C@H](O)C[C@]5(C)[C@H]4C[C@@H](O)[C@]3(C)[C@H]1[C@@H]2C. The summed E-state index contributed by atoms with van der Waals surface area (Å²) in [6.07, 6.45) is -30.0. The zero-order valence-electron chi connectivity index (χ0n) is 42.1. The van der Waals surface area contributed by atoms with Crippen LogP contribution in [0.1, 0.15) is 72.6 Å². The van der Waals surface area contributed by atoms with Crippen LogP contribution in [0.25, 0.3) is 0 Å². The molecule has 6 saturated heterocycles. The molecule has 424 valence electrons. The summed E-state index contributed by atoms with van der Waals surface area (Å²) in [6, 6.07) is 0. The molecular weight excluding hydrogens is 985 g/mol. The summed E-state index contributed by atoms with van der Waals surface area (Å²) in [5.74, 6) is 0.378. The van der Waals surface area contributed by atoms with Crippen molar-refractivity contribution in [3.63, 3.8) is 0 Å². The monoisotopic (exact) mass is 1060 g/mol. The lowest BCUT2D eigenvalue weighted by Gasteiger charge is -2.60. The van der Waals surface area contributed by atoms with E-state index in [1.165, 1.54) is 0 Å². The molecule has 24 nitrogen and oxygen atoms in total. The van der Waals surface area contributed by atoms with Crippen LogP contribution in [0, 0.1) is 46.3 Å². The molecule has 0 aromatic carbocycles. The van der Waals surface area contributed by atoms with Crippen LogP contribution in [-0.4, -0.2) is 251 Å². The van der Waals surface area contributed by atoms with E-state index in [1.54, 1.807) is 0 Å². The first-order valence-electron chi connectivity index (χ1n) is 26.6. The third kappa shape index (κ3) is 9.27. The van der Waals surface area contributed by atoms with Crippen LogP contribution in [0.3, 0.4) is 0 Å². The largest absolute Gasteiger partial charge is 0.394 e. The number of hydrogen-bond acceptors (Lipinski definition) is 24. The standard InChI is InChI=1S/C50H80O24/c1-18-7-8-50(66-16-18)19(2)32-27(74-50)10-23-21-6-5-20-9-26(24(54)12-48(20,3)22(21)11-31(56)49(23,32)4)67-47-43(73-45-38(62)36(60)34(58)28(13-51)68-45)39(63)41(30(15-53)70-47)71-46-40(64)42(35(59)29(14-52)69-46)72-44-37(61)33(57)25(55)17-65-44/h5,18-19,21-47,51-64H,6-17H2,1-4H3/t18-,19+,21-,22+,23+,24-,25-,26-,27+,28-,29-,30-,31-,32+,33+,34-,35-,36+,37-,38-,39+,40-,41+,42+,43-,44+,45+,46+,47-,48+,49-,50-/m1/s1. The highest BCUT2D eigenvalue weighted by atomic mass is 16.8. The zero-order valence-corrected chi connectivity index (χ0v) is 42.1. The molecule has 1 spiro atoms. The maximum Gasteiger partial charge on any atom is 0.187 e. The quantitative estimate of drug-likeness (QED) is 0.0869. The van der Waals surface area contributed by atoms with Crippen molar-refractivity contribution < 1.29 is 119 Å². The van der Waals surface area contributed by atoms with Gasteiger partial charge in [-0.05, 0) is 67.6 Å². The van der Waals surface area contributed by atoms with Crippen LogP contribution in [0.4, 0.5) is 0 Å². The summed E-state index contributed by atoms with van der Waals surface area (Å²) in [6.45, 7) is 6.34.